The van der Waals surface area contributed by atoms with Crippen molar-refractivity contribution < 1.29 is 9.72 Å². The molecule has 0 aliphatic carbocycles. The molecule has 0 N–H and O–H groups in total. The Hall–Kier alpha value is -3.53. The van der Waals surface area contributed by atoms with Crippen LogP contribution in [0.5, 0.6) is 0 Å². The lowest BCUT2D eigenvalue weighted by Gasteiger charge is -2.35. The van der Waals surface area contributed by atoms with Crippen LogP contribution in [0.2, 0.25) is 5.02 Å². The van der Waals surface area contributed by atoms with Crippen molar-refractivity contribution in [3.8, 4) is 5.82 Å². The van der Waals surface area contributed by atoms with E-state index in [2.05, 4.69) is 15.2 Å². The second-order valence-corrected chi connectivity index (χ2v) is 7.20. The Morgan fingerprint density at radius 1 is 1.10 bits per heavy atom. The first-order valence-electron chi connectivity index (χ1n) is 9.26. The van der Waals surface area contributed by atoms with Gasteiger partial charge in [-0.15, -0.1) is 10.2 Å². The zero-order chi connectivity index (χ0) is 21.3. The van der Waals surface area contributed by atoms with Crippen LogP contribution in [-0.4, -0.2) is 61.7 Å². The first-order chi connectivity index (χ1) is 14.4. The van der Waals surface area contributed by atoms with Gasteiger partial charge in [0.1, 0.15) is 10.8 Å². The molecule has 1 aliphatic heterocycles. The molecule has 11 heteroatoms. The fraction of sp³-hybridized carbons (Fsp3) is 0.263. The first kappa shape index (κ1) is 19.8. The summed E-state index contributed by atoms with van der Waals surface area (Å²) in [6.45, 7) is 4.00. The number of nitrogens with zero attached hydrogens (tertiary/aromatic N) is 7. The zero-order valence-corrected chi connectivity index (χ0v) is 16.9. The fourth-order valence-electron chi connectivity index (χ4n) is 3.34. The van der Waals surface area contributed by atoms with E-state index in [0.717, 1.165) is 11.6 Å². The summed E-state index contributed by atoms with van der Waals surface area (Å²) in [5.74, 6) is 1.98. The van der Waals surface area contributed by atoms with Crippen LogP contribution in [0.1, 0.15) is 16.2 Å². The Kier molecular flexibility index (Phi) is 5.32. The third-order valence-electron chi connectivity index (χ3n) is 4.99. The van der Waals surface area contributed by atoms with E-state index in [4.69, 9.17) is 11.6 Å². The number of aromatic nitrogens is 4. The number of halogens is 1. The van der Waals surface area contributed by atoms with Gasteiger partial charge in [0.2, 0.25) is 0 Å². The van der Waals surface area contributed by atoms with Crippen molar-refractivity contribution >= 4 is 29.0 Å². The standard InChI is InChI=1S/C19H18ClN7O3/c1-13-21-6-7-26(13)18-5-4-17(22-23-18)24-8-10-25(11-9-24)19(28)14-2-3-15(20)16(12-14)27(29)30/h2-7,12H,8-11H2,1H3. The van der Waals surface area contributed by atoms with Crippen LogP contribution in [-0.2, 0) is 0 Å². The first-order valence-corrected chi connectivity index (χ1v) is 9.64. The topological polar surface area (TPSA) is 110 Å². The summed E-state index contributed by atoms with van der Waals surface area (Å²) in [4.78, 5) is 31.1. The second-order valence-electron chi connectivity index (χ2n) is 6.80. The van der Waals surface area contributed by atoms with E-state index in [1.54, 1.807) is 11.1 Å². The van der Waals surface area contributed by atoms with E-state index in [0.29, 0.717) is 32.0 Å². The SMILES string of the molecule is Cc1nccn1-c1ccc(N2CCN(C(=O)c3ccc(Cl)c([N+](=O)[O-])c3)CC2)nn1. The lowest BCUT2D eigenvalue weighted by molar-refractivity contribution is -0.384. The molecular formula is C19H18ClN7O3. The average Bonchev–Trinajstić information content (AvgIpc) is 3.19. The number of amides is 1. The monoisotopic (exact) mass is 427 g/mol. The number of carbonyl (C=O) groups is 1. The third kappa shape index (κ3) is 3.81. The number of piperazine rings is 1. The minimum absolute atomic E-state index is 0.00859. The number of benzene rings is 1. The summed E-state index contributed by atoms with van der Waals surface area (Å²) in [6, 6.07) is 7.87. The molecule has 0 saturated carbocycles. The van der Waals surface area contributed by atoms with Gasteiger partial charge in [0, 0.05) is 50.2 Å². The van der Waals surface area contributed by atoms with Gasteiger partial charge >= 0.3 is 0 Å². The summed E-state index contributed by atoms with van der Waals surface area (Å²) < 4.78 is 1.85. The van der Waals surface area contributed by atoms with Crippen LogP contribution in [0.15, 0.2) is 42.7 Å². The summed E-state index contributed by atoms with van der Waals surface area (Å²) in [6.07, 6.45) is 3.53. The van der Waals surface area contributed by atoms with Gasteiger partial charge in [-0.05, 0) is 31.2 Å². The fourth-order valence-corrected chi connectivity index (χ4v) is 3.53. The van der Waals surface area contributed by atoms with Crippen LogP contribution in [0.25, 0.3) is 5.82 Å². The van der Waals surface area contributed by atoms with E-state index in [1.807, 2.05) is 34.7 Å². The van der Waals surface area contributed by atoms with E-state index < -0.39 is 4.92 Å². The normalized spacial score (nSPS) is 14.1. The quantitative estimate of drug-likeness (QED) is 0.464. The van der Waals surface area contributed by atoms with Crippen LogP contribution in [0, 0.1) is 17.0 Å². The molecule has 0 bridgehead atoms. The lowest BCUT2D eigenvalue weighted by Crippen LogP contribution is -2.49. The highest BCUT2D eigenvalue weighted by Gasteiger charge is 2.25. The third-order valence-corrected chi connectivity index (χ3v) is 5.31. The van der Waals surface area contributed by atoms with Crippen molar-refractivity contribution in [2.45, 2.75) is 6.92 Å². The Morgan fingerprint density at radius 2 is 1.80 bits per heavy atom. The highest BCUT2D eigenvalue weighted by Crippen LogP contribution is 2.26. The minimum Gasteiger partial charge on any atom is -0.352 e. The van der Waals surface area contributed by atoms with Crippen molar-refractivity contribution in [3.63, 3.8) is 0 Å². The average molecular weight is 428 g/mol. The second kappa shape index (κ2) is 8.07. The molecule has 2 aromatic heterocycles. The Balaban J connectivity index is 1.41. The molecule has 1 aliphatic rings. The molecule has 10 nitrogen and oxygen atoms in total. The van der Waals surface area contributed by atoms with Crippen molar-refractivity contribution in [2.24, 2.45) is 0 Å². The molecule has 3 aromatic rings. The number of imidazole rings is 1. The van der Waals surface area contributed by atoms with Crippen LogP contribution in [0.4, 0.5) is 11.5 Å². The molecule has 0 spiro atoms. The van der Waals surface area contributed by atoms with Crippen LogP contribution >= 0.6 is 11.6 Å². The van der Waals surface area contributed by atoms with E-state index in [9.17, 15) is 14.9 Å². The predicted octanol–water partition coefficient (Wildman–Crippen LogP) is 2.49. The van der Waals surface area contributed by atoms with Gasteiger partial charge in [0.05, 0.1) is 4.92 Å². The summed E-state index contributed by atoms with van der Waals surface area (Å²) >= 11 is 5.83. The van der Waals surface area contributed by atoms with Crippen molar-refractivity contribution in [1.29, 1.82) is 0 Å². The van der Waals surface area contributed by atoms with Crippen molar-refractivity contribution in [3.05, 3.63) is 69.3 Å². The lowest BCUT2D eigenvalue weighted by atomic mass is 10.1. The largest absolute Gasteiger partial charge is 0.352 e. The molecule has 1 amide bonds. The molecule has 30 heavy (non-hydrogen) atoms. The van der Waals surface area contributed by atoms with Crippen LogP contribution < -0.4 is 4.90 Å². The summed E-state index contributed by atoms with van der Waals surface area (Å²) in [7, 11) is 0. The smallest absolute Gasteiger partial charge is 0.288 e. The molecule has 1 fully saturated rings. The molecule has 0 unspecified atom stereocenters. The maximum Gasteiger partial charge on any atom is 0.288 e. The molecular weight excluding hydrogens is 410 g/mol. The highest BCUT2D eigenvalue weighted by molar-refractivity contribution is 6.32. The van der Waals surface area contributed by atoms with Gasteiger partial charge in [-0.25, -0.2) is 4.98 Å². The number of hydrogen-bond donors (Lipinski definition) is 0. The number of carbonyl (C=O) groups excluding carboxylic acids is 1. The van der Waals surface area contributed by atoms with Crippen molar-refractivity contribution in [1.82, 2.24) is 24.6 Å². The maximum absolute atomic E-state index is 12.7. The Morgan fingerprint density at radius 3 is 2.40 bits per heavy atom. The number of rotatable bonds is 4. The zero-order valence-electron chi connectivity index (χ0n) is 16.1. The number of nitro groups is 1. The Bertz CT molecular complexity index is 1090. The number of aryl methyl sites for hydroxylation is 1. The molecule has 1 saturated heterocycles. The van der Waals surface area contributed by atoms with Gasteiger partial charge in [-0.1, -0.05) is 11.6 Å². The molecule has 0 atom stereocenters. The molecule has 154 valence electrons. The minimum atomic E-state index is -0.593. The summed E-state index contributed by atoms with van der Waals surface area (Å²) in [5.41, 5.74) is -0.0240. The van der Waals surface area contributed by atoms with E-state index in [1.165, 1.54) is 18.2 Å². The van der Waals surface area contributed by atoms with Gasteiger partial charge in [-0.2, -0.15) is 0 Å². The highest BCUT2D eigenvalue weighted by atomic mass is 35.5. The van der Waals surface area contributed by atoms with Gasteiger partial charge in [0.15, 0.2) is 11.6 Å². The van der Waals surface area contributed by atoms with Gasteiger partial charge in [0.25, 0.3) is 11.6 Å². The van der Waals surface area contributed by atoms with Gasteiger partial charge < -0.3 is 9.80 Å². The van der Waals surface area contributed by atoms with Gasteiger partial charge in [-0.3, -0.25) is 19.5 Å². The maximum atomic E-state index is 12.7. The summed E-state index contributed by atoms with van der Waals surface area (Å²) in [5, 5.41) is 19.6. The molecule has 0 radical (unpaired) electrons. The predicted molar refractivity (Wildman–Crippen MR) is 110 cm³/mol. The van der Waals surface area contributed by atoms with Crippen molar-refractivity contribution in [2.75, 3.05) is 31.1 Å². The Labute approximate surface area is 176 Å². The van der Waals surface area contributed by atoms with E-state index >= 15 is 0 Å². The van der Waals surface area contributed by atoms with E-state index in [-0.39, 0.29) is 22.2 Å². The number of nitro benzene ring substituents is 1. The molecule has 1 aromatic carbocycles. The molecule has 3 heterocycles. The number of hydrogen-bond acceptors (Lipinski definition) is 7. The molecule has 4 rings (SSSR count). The number of anilines is 1. The van der Waals surface area contributed by atoms with Crippen LogP contribution in [0.3, 0.4) is 0 Å².